The van der Waals surface area contributed by atoms with Crippen molar-refractivity contribution in [2.75, 3.05) is 0 Å². The Morgan fingerprint density at radius 3 is 1.23 bits per heavy atom. The first kappa shape index (κ1) is 11.8. The van der Waals surface area contributed by atoms with E-state index in [-0.39, 0.29) is 30.0 Å². The van der Waals surface area contributed by atoms with Gasteiger partial charge in [-0.15, -0.1) is 0 Å². The van der Waals surface area contributed by atoms with Gasteiger partial charge in [-0.05, 0) is 24.3 Å². The van der Waals surface area contributed by atoms with Gasteiger partial charge in [-0.3, -0.25) is 0 Å². The molecule has 0 saturated heterocycles. The zero-order valence-corrected chi connectivity index (χ0v) is 7.02. The monoisotopic (exact) mass is 173 g/mol. The molecule has 0 aliphatic rings. The van der Waals surface area contributed by atoms with Crippen molar-refractivity contribution in [2.45, 2.75) is 0 Å². The van der Waals surface area contributed by atoms with Crippen LogP contribution in [0.4, 0.5) is 0 Å². The van der Waals surface area contributed by atoms with Crippen LogP contribution in [0.5, 0.6) is 0 Å². The molecule has 0 unspecified atom stereocenters. The number of hydrogen-bond acceptors (Lipinski definition) is 2. The Morgan fingerprint density at radius 2 is 1.08 bits per heavy atom. The van der Waals surface area contributed by atoms with Crippen molar-refractivity contribution in [2.24, 2.45) is 0 Å². The first-order chi connectivity index (χ1) is 5.61. The van der Waals surface area contributed by atoms with E-state index in [4.69, 9.17) is 10.2 Å². The zero-order valence-electron chi connectivity index (χ0n) is 7.02. The summed E-state index contributed by atoms with van der Waals surface area (Å²) in [7, 11) is 0. The molecule has 0 fully saturated rings. The summed E-state index contributed by atoms with van der Waals surface area (Å²) in [6, 6.07) is 5.02. The Balaban J connectivity index is 0.00000144. The minimum atomic E-state index is -1.06. The molecule has 2 N–H and O–H groups in total. The maximum atomic E-state index is 10.3. The van der Waals surface area contributed by atoms with Crippen molar-refractivity contribution in [1.82, 2.24) is 0 Å². The van der Waals surface area contributed by atoms with Crippen molar-refractivity contribution < 1.29 is 19.8 Å². The van der Waals surface area contributed by atoms with Crippen LogP contribution in [-0.2, 0) is 0 Å². The molecule has 1 radical (unpaired) electrons. The third-order valence-electron chi connectivity index (χ3n) is 1.38. The van der Waals surface area contributed by atoms with Gasteiger partial charge < -0.3 is 10.2 Å². The molecule has 0 saturated carbocycles. The maximum Gasteiger partial charge on any atom is 0.335 e. The van der Waals surface area contributed by atoms with Gasteiger partial charge in [0.2, 0.25) is 0 Å². The summed E-state index contributed by atoms with van der Waals surface area (Å²) in [6.45, 7) is 0. The molecule has 1 rings (SSSR count). The van der Waals surface area contributed by atoms with Crippen molar-refractivity contribution in [3.8, 4) is 0 Å². The Hall–Kier alpha value is -1.24. The number of carboxylic acid groups (broad SMARTS) is 2. The van der Waals surface area contributed by atoms with Gasteiger partial charge in [0.1, 0.15) is 0 Å². The second kappa shape index (κ2) is 4.70. The molecule has 1 aromatic rings. The van der Waals surface area contributed by atoms with Crippen molar-refractivity contribution in [3.63, 3.8) is 0 Å². The molecule has 0 aliphatic heterocycles. The summed E-state index contributed by atoms with van der Waals surface area (Å²) >= 11 is 0. The largest absolute Gasteiger partial charge is 0.478 e. The molecule has 1 aromatic carbocycles. The number of benzene rings is 1. The van der Waals surface area contributed by atoms with Crippen LogP contribution in [0.2, 0.25) is 0 Å². The number of rotatable bonds is 2. The number of aromatic carboxylic acids is 2. The normalized spacial score (nSPS) is 8.62. The van der Waals surface area contributed by atoms with E-state index in [0.717, 1.165) is 0 Å². The van der Waals surface area contributed by atoms with Gasteiger partial charge in [-0.1, -0.05) is 0 Å². The van der Waals surface area contributed by atoms with Gasteiger partial charge in [-0.2, -0.15) is 0 Å². The second-order valence-corrected chi connectivity index (χ2v) is 2.19. The Morgan fingerprint density at radius 1 is 0.846 bits per heavy atom. The maximum absolute atomic E-state index is 10.3. The van der Waals surface area contributed by atoms with Crippen molar-refractivity contribution in [1.29, 1.82) is 0 Å². The standard InChI is InChI=1S/C8H6O4.Li/c9-7(10)5-1-2-6(4-3-5)8(11)12;/h1-4H,(H,9,10)(H,11,12);. The number of carbonyl (C=O) groups is 2. The quantitative estimate of drug-likeness (QED) is 0.645. The molecular weight excluding hydrogens is 167 g/mol. The summed E-state index contributed by atoms with van der Waals surface area (Å²) in [5, 5.41) is 16.9. The van der Waals surface area contributed by atoms with Gasteiger partial charge in [-0.25, -0.2) is 9.59 Å². The van der Waals surface area contributed by atoms with Gasteiger partial charge in [0, 0.05) is 18.9 Å². The van der Waals surface area contributed by atoms with Crippen LogP contribution >= 0.6 is 0 Å². The van der Waals surface area contributed by atoms with E-state index in [1.165, 1.54) is 24.3 Å². The van der Waals surface area contributed by atoms with E-state index >= 15 is 0 Å². The van der Waals surface area contributed by atoms with Crippen LogP contribution in [0.1, 0.15) is 20.7 Å². The van der Waals surface area contributed by atoms with Gasteiger partial charge >= 0.3 is 11.9 Å². The first-order valence-electron chi connectivity index (χ1n) is 3.18. The Bertz CT molecular complexity index is 284. The van der Waals surface area contributed by atoms with Gasteiger partial charge in [0.15, 0.2) is 0 Å². The summed E-state index contributed by atoms with van der Waals surface area (Å²) in [6.07, 6.45) is 0. The summed E-state index contributed by atoms with van der Waals surface area (Å²) in [5.41, 5.74) is 0.167. The van der Waals surface area contributed by atoms with Crippen LogP contribution in [-0.4, -0.2) is 41.0 Å². The Labute approximate surface area is 86.4 Å². The third kappa shape index (κ3) is 2.94. The third-order valence-corrected chi connectivity index (χ3v) is 1.38. The van der Waals surface area contributed by atoms with E-state index in [0.29, 0.717) is 0 Å². The fourth-order valence-electron chi connectivity index (χ4n) is 0.755. The topological polar surface area (TPSA) is 74.6 Å². The van der Waals surface area contributed by atoms with Crippen LogP contribution in [0, 0.1) is 0 Å². The van der Waals surface area contributed by atoms with Gasteiger partial charge in [0.05, 0.1) is 11.1 Å². The number of carboxylic acids is 2. The molecule has 0 aromatic heterocycles. The summed E-state index contributed by atoms with van der Waals surface area (Å²) < 4.78 is 0. The predicted molar refractivity (Wildman–Crippen MR) is 46.1 cm³/mol. The van der Waals surface area contributed by atoms with E-state index in [1.807, 2.05) is 0 Å². The van der Waals surface area contributed by atoms with Crippen LogP contribution in [0.25, 0.3) is 0 Å². The van der Waals surface area contributed by atoms with E-state index < -0.39 is 11.9 Å². The fourth-order valence-corrected chi connectivity index (χ4v) is 0.755. The van der Waals surface area contributed by atoms with Crippen LogP contribution in [0.3, 0.4) is 0 Å². The molecule has 0 bridgehead atoms. The van der Waals surface area contributed by atoms with Gasteiger partial charge in [0.25, 0.3) is 0 Å². The molecule has 0 spiro atoms. The zero-order chi connectivity index (χ0) is 9.14. The summed E-state index contributed by atoms with van der Waals surface area (Å²) in [4.78, 5) is 20.7. The molecule has 4 nitrogen and oxygen atoms in total. The minimum absolute atomic E-state index is 0. The molecule has 0 amide bonds. The predicted octanol–water partition coefficient (Wildman–Crippen LogP) is 0.702. The molecule has 5 heteroatoms. The minimum Gasteiger partial charge on any atom is -0.478 e. The molecule has 13 heavy (non-hydrogen) atoms. The molecule has 63 valence electrons. The van der Waals surface area contributed by atoms with E-state index in [9.17, 15) is 9.59 Å². The Kier molecular flexibility index (Phi) is 4.25. The van der Waals surface area contributed by atoms with Crippen LogP contribution in [0.15, 0.2) is 24.3 Å². The number of hydrogen-bond donors (Lipinski definition) is 2. The van der Waals surface area contributed by atoms with Crippen molar-refractivity contribution in [3.05, 3.63) is 35.4 Å². The smallest absolute Gasteiger partial charge is 0.335 e. The first-order valence-corrected chi connectivity index (χ1v) is 3.18. The van der Waals surface area contributed by atoms with E-state index in [1.54, 1.807) is 0 Å². The average molecular weight is 173 g/mol. The fraction of sp³-hybridized carbons (Fsp3) is 0. The molecule has 0 heterocycles. The van der Waals surface area contributed by atoms with Crippen LogP contribution < -0.4 is 0 Å². The molecule has 0 atom stereocenters. The van der Waals surface area contributed by atoms with E-state index in [2.05, 4.69) is 0 Å². The molecule has 0 aliphatic carbocycles. The summed E-state index contributed by atoms with van der Waals surface area (Å²) in [5.74, 6) is -2.13. The molecular formula is C8H6LiO4. The average Bonchev–Trinajstić information content (AvgIpc) is 2.04. The SMILES string of the molecule is O=C(O)c1ccc(C(=O)O)cc1.[Li]. The second-order valence-electron chi connectivity index (χ2n) is 2.19. The van der Waals surface area contributed by atoms with Crippen molar-refractivity contribution >= 4 is 30.8 Å².